The molecule has 20 heavy (non-hydrogen) atoms. The lowest BCUT2D eigenvalue weighted by molar-refractivity contribution is -0.154. The molecule has 2 unspecified atom stereocenters. The summed E-state index contributed by atoms with van der Waals surface area (Å²) in [6, 6.07) is 7.77. The maximum Gasteiger partial charge on any atom is 0.326 e. The topological polar surface area (TPSA) is 77.8 Å². The Kier molecular flexibility index (Phi) is 4.74. The number of rotatable bonds is 3. The summed E-state index contributed by atoms with van der Waals surface area (Å²) < 4.78 is 0. The normalized spacial score (nSPS) is 21.1. The first-order chi connectivity index (χ1) is 9.61. The summed E-state index contributed by atoms with van der Waals surface area (Å²) in [7, 11) is 0. The van der Waals surface area contributed by atoms with E-state index in [-0.39, 0.29) is 0 Å². The molecule has 1 aromatic rings. The van der Waals surface area contributed by atoms with Gasteiger partial charge in [-0.1, -0.05) is 43.2 Å². The maximum atomic E-state index is 12.4. The fraction of sp³-hybridized carbons (Fsp3) is 0.467. The molecule has 0 aliphatic carbocycles. The van der Waals surface area contributed by atoms with Gasteiger partial charge in [-0.25, -0.2) is 4.79 Å². The lowest BCUT2D eigenvalue weighted by atomic mass is 10.1. The van der Waals surface area contributed by atoms with Gasteiger partial charge in [0.25, 0.3) is 5.91 Å². The number of amides is 1. The summed E-state index contributed by atoms with van der Waals surface area (Å²) in [6.45, 7) is 0.389. The van der Waals surface area contributed by atoms with E-state index < -0.39 is 24.0 Å². The zero-order valence-electron chi connectivity index (χ0n) is 11.2. The third-order valence-corrected chi connectivity index (χ3v) is 3.67. The number of benzene rings is 1. The van der Waals surface area contributed by atoms with E-state index in [9.17, 15) is 19.8 Å². The van der Waals surface area contributed by atoms with Gasteiger partial charge < -0.3 is 15.1 Å². The van der Waals surface area contributed by atoms with Crippen LogP contribution in [0, 0.1) is 0 Å². The van der Waals surface area contributed by atoms with E-state index in [4.69, 9.17) is 0 Å². The molecule has 1 aromatic carbocycles. The SMILES string of the molecule is O=C(O)C1CCCCCN1C(=O)C(O)c1ccccc1. The molecular weight excluding hydrogens is 258 g/mol. The Morgan fingerprint density at radius 1 is 1.15 bits per heavy atom. The van der Waals surface area contributed by atoms with Crippen molar-refractivity contribution in [1.82, 2.24) is 4.90 Å². The summed E-state index contributed by atoms with van der Waals surface area (Å²) in [5.74, 6) is -1.52. The van der Waals surface area contributed by atoms with Crippen LogP contribution in [0.2, 0.25) is 0 Å². The van der Waals surface area contributed by atoms with Gasteiger partial charge in [-0.05, 0) is 18.4 Å². The molecule has 1 fully saturated rings. The standard InChI is InChI=1S/C15H19NO4/c17-13(11-7-3-1-4-8-11)14(18)16-10-6-2-5-9-12(16)15(19)20/h1,3-4,7-8,12-13,17H,2,5-6,9-10H2,(H,19,20). The Morgan fingerprint density at radius 2 is 1.85 bits per heavy atom. The molecule has 2 atom stereocenters. The highest BCUT2D eigenvalue weighted by Gasteiger charge is 2.34. The first-order valence-electron chi connectivity index (χ1n) is 6.87. The van der Waals surface area contributed by atoms with Crippen LogP contribution in [0.4, 0.5) is 0 Å². The summed E-state index contributed by atoms with van der Waals surface area (Å²) in [6.07, 6.45) is 1.63. The molecule has 1 amide bonds. The van der Waals surface area contributed by atoms with Gasteiger partial charge in [-0.15, -0.1) is 0 Å². The van der Waals surface area contributed by atoms with Gasteiger partial charge in [0.15, 0.2) is 6.10 Å². The predicted octanol–water partition coefficient (Wildman–Crippen LogP) is 1.58. The van der Waals surface area contributed by atoms with Crippen LogP contribution in [0.15, 0.2) is 30.3 Å². The van der Waals surface area contributed by atoms with E-state index in [1.807, 2.05) is 0 Å². The number of carbonyl (C=O) groups is 2. The molecule has 0 aromatic heterocycles. The molecule has 0 bridgehead atoms. The predicted molar refractivity (Wildman–Crippen MR) is 73.0 cm³/mol. The largest absolute Gasteiger partial charge is 0.480 e. The number of carboxylic acid groups (broad SMARTS) is 1. The number of hydrogen-bond acceptors (Lipinski definition) is 3. The van der Waals surface area contributed by atoms with Crippen LogP contribution in [-0.4, -0.2) is 39.6 Å². The molecule has 2 rings (SSSR count). The second-order valence-corrected chi connectivity index (χ2v) is 5.05. The van der Waals surface area contributed by atoms with Crippen LogP contribution in [-0.2, 0) is 9.59 Å². The quantitative estimate of drug-likeness (QED) is 0.879. The van der Waals surface area contributed by atoms with E-state index in [2.05, 4.69) is 0 Å². The Hall–Kier alpha value is -1.88. The molecule has 2 N–H and O–H groups in total. The van der Waals surface area contributed by atoms with Crippen LogP contribution < -0.4 is 0 Å². The number of carbonyl (C=O) groups excluding carboxylic acids is 1. The molecule has 0 spiro atoms. The summed E-state index contributed by atoms with van der Waals surface area (Å²) in [5, 5.41) is 19.4. The van der Waals surface area contributed by atoms with Crippen LogP contribution in [0.1, 0.15) is 37.4 Å². The average molecular weight is 277 g/mol. The molecule has 0 radical (unpaired) electrons. The smallest absolute Gasteiger partial charge is 0.326 e. The van der Waals surface area contributed by atoms with Crippen molar-refractivity contribution in [1.29, 1.82) is 0 Å². The van der Waals surface area contributed by atoms with E-state index in [1.165, 1.54) is 4.90 Å². The van der Waals surface area contributed by atoms with Crippen LogP contribution in [0.3, 0.4) is 0 Å². The van der Waals surface area contributed by atoms with Crippen LogP contribution >= 0.6 is 0 Å². The molecule has 1 aliphatic heterocycles. The van der Waals surface area contributed by atoms with E-state index in [0.29, 0.717) is 18.5 Å². The highest BCUT2D eigenvalue weighted by atomic mass is 16.4. The molecule has 1 heterocycles. The minimum atomic E-state index is -1.30. The number of aliphatic carboxylic acids is 1. The third-order valence-electron chi connectivity index (χ3n) is 3.67. The number of nitrogens with zero attached hydrogens (tertiary/aromatic N) is 1. The van der Waals surface area contributed by atoms with Crippen molar-refractivity contribution in [2.24, 2.45) is 0 Å². The van der Waals surface area contributed by atoms with Crippen molar-refractivity contribution in [2.45, 2.75) is 37.8 Å². The van der Waals surface area contributed by atoms with Gasteiger partial charge in [-0.3, -0.25) is 4.79 Å². The molecule has 108 valence electrons. The van der Waals surface area contributed by atoms with E-state index >= 15 is 0 Å². The number of hydrogen-bond donors (Lipinski definition) is 2. The van der Waals surface area contributed by atoms with Crippen molar-refractivity contribution < 1.29 is 19.8 Å². The number of aliphatic hydroxyl groups excluding tert-OH is 1. The number of aliphatic hydroxyl groups is 1. The maximum absolute atomic E-state index is 12.4. The number of likely N-dealkylation sites (tertiary alicyclic amines) is 1. The zero-order chi connectivity index (χ0) is 14.5. The Morgan fingerprint density at radius 3 is 2.50 bits per heavy atom. The van der Waals surface area contributed by atoms with E-state index in [1.54, 1.807) is 30.3 Å². The van der Waals surface area contributed by atoms with Crippen LogP contribution in [0.5, 0.6) is 0 Å². The highest BCUT2D eigenvalue weighted by Crippen LogP contribution is 2.22. The molecule has 1 saturated heterocycles. The van der Waals surface area contributed by atoms with Crippen molar-refractivity contribution in [2.75, 3.05) is 6.54 Å². The minimum absolute atomic E-state index is 0.389. The van der Waals surface area contributed by atoms with Crippen molar-refractivity contribution >= 4 is 11.9 Å². The van der Waals surface area contributed by atoms with Gasteiger partial charge in [0.1, 0.15) is 6.04 Å². The summed E-state index contributed by atoms with van der Waals surface area (Å²) in [5.41, 5.74) is 0.492. The molecule has 5 nitrogen and oxygen atoms in total. The fourth-order valence-corrected chi connectivity index (χ4v) is 2.56. The Bertz CT molecular complexity index is 474. The molecular formula is C15H19NO4. The molecule has 0 saturated carbocycles. The first kappa shape index (κ1) is 14.5. The van der Waals surface area contributed by atoms with Gasteiger partial charge in [0, 0.05) is 6.54 Å². The third kappa shape index (κ3) is 3.17. The van der Waals surface area contributed by atoms with Crippen molar-refractivity contribution in [3.8, 4) is 0 Å². The Labute approximate surface area is 117 Å². The highest BCUT2D eigenvalue weighted by molar-refractivity contribution is 5.87. The second kappa shape index (κ2) is 6.52. The summed E-state index contributed by atoms with van der Waals surface area (Å²) >= 11 is 0. The first-order valence-corrected chi connectivity index (χ1v) is 6.87. The average Bonchev–Trinajstić information content (AvgIpc) is 2.72. The van der Waals surface area contributed by atoms with Crippen LogP contribution in [0.25, 0.3) is 0 Å². The van der Waals surface area contributed by atoms with Gasteiger partial charge in [0.05, 0.1) is 0 Å². The minimum Gasteiger partial charge on any atom is -0.480 e. The van der Waals surface area contributed by atoms with E-state index in [0.717, 1.165) is 19.3 Å². The monoisotopic (exact) mass is 277 g/mol. The zero-order valence-corrected chi connectivity index (χ0v) is 11.2. The Balaban J connectivity index is 2.18. The number of carboxylic acids is 1. The summed E-state index contributed by atoms with van der Waals surface area (Å²) in [4.78, 5) is 25.0. The van der Waals surface area contributed by atoms with Gasteiger partial charge >= 0.3 is 5.97 Å². The molecule has 1 aliphatic rings. The van der Waals surface area contributed by atoms with Gasteiger partial charge in [0.2, 0.25) is 0 Å². The lowest BCUT2D eigenvalue weighted by Gasteiger charge is -2.29. The fourth-order valence-electron chi connectivity index (χ4n) is 2.56. The second-order valence-electron chi connectivity index (χ2n) is 5.05. The van der Waals surface area contributed by atoms with Gasteiger partial charge in [-0.2, -0.15) is 0 Å². The molecule has 5 heteroatoms. The van der Waals surface area contributed by atoms with Crippen molar-refractivity contribution in [3.05, 3.63) is 35.9 Å². The lowest BCUT2D eigenvalue weighted by Crippen LogP contribution is -2.46. The van der Waals surface area contributed by atoms with Crippen molar-refractivity contribution in [3.63, 3.8) is 0 Å².